The van der Waals surface area contributed by atoms with Crippen molar-refractivity contribution in [2.75, 3.05) is 17.7 Å². The van der Waals surface area contributed by atoms with Crippen LogP contribution in [0.5, 0.6) is 0 Å². The molecule has 0 radical (unpaired) electrons. The summed E-state index contributed by atoms with van der Waals surface area (Å²) in [6.45, 7) is 4.52. The summed E-state index contributed by atoms with van der Waals surface area (Å²) in [4.78, 5) is 35.3. The van der Waals surface area contributed by atoms with Gasteiger partial charge in [0.15, 0.2) is 0 Å². The van der Waals surface area contributed by atoms with E-state index in [2.05, 4.69) is 39.0 Å². The molecule has 1 unspecified atom stereocenters. The van der Waals surface area contributed by atoms with Crippen LogP contribution >= 0.6 is 0 Å². The zero-order chi connectivity index (χ0) is 20.4. The van der Waals surface area contributed by atoms with E-state index in [4.69, 9.17) is 5.73 Å². The van der Waals surface area contributed by atoms with Gasteiger partial charge < -0.3 is 20.9 Å². The Hall–Kier alpha value is -3.62. The van der Waals surface area contributed by atoms with Crippen molar-refractivity contribution in [3.8, 4) is 0 Å². The zero-order valence-corrected chi connectivity index (χ0v) is 16.4. The fourth-order valence-electron chi connectivity index (χ4n) is 4.50. The van der Waals surface area contributed by atoms with Crippen LogP contribution in [0.1, 0.15) is 53.1 Å². The SMILES string of the molecule is CNC(=O)c1ccc2c(c1)N1C(=O)NCc3c(c4c(N)ncnc4n3C(C)C)C21. The van der Waals surface area contributed by atoms with Crippen LogP contribution in [-0.2, 0) is 6.54 Å². The summed E-state index contributed by atoms with van der Waals surface area (Å²) in [7, 11) is 1.58. The Morgan fingerprint density at radius 1 is 1.34 bits per heavy atom. The molecule has 0 fully saturated rings. The minimum atomic E-state index is -0.294. The predicted octanol–water partition coefficient (Wildman–Crippen LogP) is 2.09. The number of rotatable bonds is 2. The minimum absolute atomic E-state index is 0.133. The molecule has 0 aliphatic carbocycles. The second kappa shape index (κ2) is 5.94. The van der Waals surface area contributed by atoms with Crippen molar-refractivity contribution in [1.82, 2.24) is 25.2 Å². The molecule has 0 spiro atoms. The molecule has 29 heavy (non-hydrogen) atoms. The molecule has 0 saturated heterocycles. The standard InChI is InChI=1S/C20H21N7O2/c1-9(2)26-13-7-23-20(29)27-12-6-10(19(28)22-3)4-5-11(12)16(27)14(13)15-17(21)24-8-25-18(15)26/h4-6,8-9,16H,7H2,1-3H3,(H,22,28)(H,23,29)(H2,21,24,25). The van der Waals surface area contributed by atoms with Crippen LogP contribution in [0.2, 0.25) is 0 Å². The number of hydrogen-bond acceptors (Lipinski definition) is 5. The lowest BCUT2D eigenvalue weighted by Crippen LogP contribution is -2.46. The highest BCUT2D eigenvalue weighted by molar-refractivity contribution is 6.05. The van der Waals surface area contributed by atoms with Gasteiger partial charge in [-0.25, -0.2) is 14.8 Å². The Morgan fingerprint density at radius 2 is 2.14 bits per heavy atom. The lowest BCUT2D eigenvalue weighted by molar-refractivity contribution is 0.0963. The topological polar surface area (TPSA) is 118 Å². The number of nitrogens with zero attached hydrogens (tertiary/aromatic N) is 4. The van der Waals surface area contributed by atoms with Crippen LogP contribution in [0, 0.1) is 0 Å². The number of aromatic nitrogens is 3. The Labute approximate surface area is 166 Å². The molecule has 4 N–H and O–H groups in total. The molecule has 2 aromatic heterocycles. The fourth-order valence-corrected chi connectivity index (χ4v) is 4.50. The van der Waals surface area contributed by atoms with E-state index in [9.17, 15) is 9.59 Å². The van der Waals surface area contributed by atoms with Gasteiger partial charge in [-0.15, -0.1) is 0 Å². The molecule has 3 aromatic rings. The normalized spacial score (nSPS) is 17.2. The van der Waals surface area contributed by atoms with Crippen molar-refractivity contribution < 1.29 is 9.59 Å². The van der Waals surface area contributed by atoms with E-state index in [1.165, 1.54) is 6.33 Å². The maximum Gasteiger partial charge on any atom is 0.323 e. The number of nitrogens with two attached hydrogens (primary N) is 1. The summed E-state index contributed by atoms with van der Waals surface area (Å²) in [5, 5.41) is 6.39. The molecule has 1 aromatic carbocycles. The van der Waals surface area contributed by atoms with E-state index in [0.29, 0.717) is 17.9 Å². The molecule has 9 nitrogen and oxygen atoms in total. The number of hydrogen-bond donors (Lipinski definition) is 3. The molecule has 0 bridgehead atoms. The predicted molar refractivity (Wildman–Crippen MR) is 109 cm³/mol. The van der Waals surface area contributed by atoms with Gasteiger partial charge in [0.2, 0.25) is 0 Å². The van der Waals surface area contributed by atoms with Crippen molar-refractivity contribution >= 4 is 34.5 Å². The van der Waals surface area contributed by atoms with E-state index in [-0.39, 0.29) is 24.0 Å². The summed E-state index contributed by atoms with van der Waals surface area (Å²) in [6.07, 6.45) is 1.47. The number of urea groups is 1. The van der Waals surface area contributed by atoms with Gasteiger partial charge in [0.05, 0.1) is 23.7 Å². The van der Waals surface area contributed by atoms with Gasteiger partial charge in [0.1, 0.15) is 17.8 Å². The second-order valence-corrected chi connectivity index (χ2v) is 7.57. The van der Waals surface area contributed by atoms with E-state index in [1.807, 2.05) is 6.07 Å². The molecular weight excluding hydrogens is 370 g/mol. The van der Waals surface area contributed by atoms with Crippen molar-refractivity contribution in [2.45, 2.75) is 32.5 Å². The highest BCUT2D eigenvalue weighted by Crippen LogP contribution is 2.52. The minimum Gasteiger partial charge on any atom is -0.383 e. The molecule has 4 heterocycles. The van der Waals surface area contributed by atoms with E-state index in [0.717, 1.165) is 33.5 Å². The smallest absolute Gasteiger partial charge is 0.323 e. The first-order valence-corrected chi connectivity index (χ1v) is 9.50. The first-order valence-electron chi connectivity index (χ1n) is 9.50. The van der Waals surface area contributed by atoms with Gasteiger partial charge in [-0.05, 0) is 26.0 Å². The van der Waals surface area contributed by atoms with Gasteiger partial charge in [-0.1, -0.05) is 6.07 Å². The van der Waals surface area contributed by atoms with Crippen molar-refractivity contribution in [1.29, 1.82) is 0 Å². The number of benzene rings is 1. The number of amides is 3. The fraction of sp³-hybridized carbons (Fsp3) is 0.300. The Bertz CT molecular complexity index is 1200. The Morgan fingerprint density at radius 3 is 2.86 bits per heavy atom. The highest BCUT2D eigenvalue weighted by atomic mass is 16.2. The molecule has 3 amide bonds. The van der Waals surface area contributed by atoms with Gasteiger partial charge >= 0.3 is 6.03 Å². The van der Waals surface area contributed by atoms with E-state index >= 15 is 0 Å². The second-order valence-electron chi connectivity index (χ2n) is 7.57. The highest BCUT2D eigenvalue weighted by Gasteiger charge is 2.46. The number of carbonyl (C=O) groups excluding carboxylic acids is 2. The molecular formula is C20H21N7O2. The van der Waals surface area contributed by atoms with Gasteiger partial charge in [0.25, 0.3) is 5.91 Å². The van der Waals surface area contributed by atoms with Crippen molar-refractivity contribution in [2.24, 2.45) is 0 Å². The maximum atomic E-state index is 12.9. The van der Waals surface area contributed by atoms with Crippen molar-refractivity contribution in [3.05, 3.63) is 46.9 Å². The van der Waals surface area contributed by atoms with Gasteiger partial charge in [0, 0.05) is 35.5 Å². The first kappa shape index (κ1) is 17.5. The number of nitrogens with one attached hydrogen (secondary N) is 2. The molecule has 0 saturated carbocycles. The molecule has 2 aliphatic rings. The zero-order valence-electron chi connectivity index (χ0n) is 16.4. The quantitative estimate of drug-likeness (QED) is 0.618. The first-order chi connectivity index (χ1) is 13.9. The van der Waals surface area contributed by atoms with Crippen LogP contribution < -0.4 is 21.3 Å². The molecule has 1 atom stereocenters. The van der Waals surface area contributed by atoms with Crippen LogP contribution in [0.3, 0.4) is 0 Å². The average molecular weight is 391 g/mol. The van der Waals surface area contributed by atoms with Gasteiger partial charge in [-0.3, -0.25) is 9.69 Å². The third-order valence-corrected chi connectivity index (χ3v) is 5.70. The maximum absolute atomic E-state index is 12.9. The third-order valence-electron chi connectivity index (χ3n) is 5.70. The molecule has 5 rings (SSSR count). The van der Waals surface area contributed by atoms with E-state index in [1.54, 1.807) is 24.1 Å². The largest absolute Gasteiger partial charge is 0.383 e. The summed E-state index contributed by atoms with van der Waals surface area (Å²) in [5.74, 6) is 0.205. The summed E-state index contributed by atoms with van der Waals surface area (Å²) >= 11 is 0. The Kier molecular flexibility index (Phi) is 3.58. The lowest BCUT2D eigenvalue weighted by atomic mass is 9.85. The molecule has 9 heteroatoms. The number of nitrogen functional groups attached to an aromatic ring is 1. The van der Waals surface area contributed by atoms with Crippen LogP contribution in [0.4, 0.5) is 16.3 Å². The number of fused-ring (bicyclic) bond motifs is 8. The molecule has 148 valence electrons. The summed E-state index contributed by atoms with van der Waals surface area (Å²) < 4.78 is 2.11. The molecule has 2 aliphatic heterocycles. The third kappa shape index (κ3) is 2.21. The van der Waals surface area contributed by atoms with Crippen molar-refractivity contribution in [3.63, 3.8) is 0 Å². The number of carbonyl (C=O) groups is 2. The van der Waals surface area contributed by atoms with E-state index < -0.39 is 0 Å². The monoisotopic (exact) mass is 391 g/mol. The van der Waals surface area contributed by atoms with Crippen LogP contribution in [-0.4, -0.2) is 33.5 Å². The van der Waals surface area contributed by atoms with Crippen LogP contribution in [0.15, 0.2) is 24.5 Å². The number of anilines is 2. The summed E-state index contributed by atoms with van der Waals surface area (Å²) in [6, 6.07) is 5.07. The average Bonchev–Trinajstić information content (AvgIpc) is 2.95. The summed E-state index contributed by atoms with van der Waals surface area (Å²) in [5.41, 5.74) is 11.2. The lowest BCUT2D eigenvalue weighted by Gasteiger charge is -2.42. The van der Waals surface area contributed by atoms with Crippen LogP contribution in [0.25, 0.3) is 11.0 Å². The Balaban J connectivity index is 1.79. The van der Waals surface area contributed by atoms with Gasteiger partial charge in [-0.2, -0.15) is 0 Å².